The van der Waals surface area contributed by atoms with Gasteiger partial charge in [-0.25, -0.2) is 33.4 Å². The van der Waals surface area contributed by atoms with E-state index in [1.54, 1.807) is 4.57 Å². The van der Waals surface area contributed by atoms with Gasteiger partial charge in [0.1, 0.15) is 36.2 Å². The summed E-state index contributed by atoms with van der Waals surface area (Å²) in [6.07, 6.45) is 4.11. The van der Waals surface area contributed by atoms with Crippen molar-refractivity contribution >= 4 is 68.1 Å². The smallest absolute Gasteiger partial charge is 0.446 e. The van der Waals surface area contributed by atoms with Gasteiger partial charge in [-0.2, -0.15) is 8.62 Å². The lowest BCUT2D eigenvalue weighted by Crippen LogP contribution is -2.37. The van der Waals surface area contributed by atoms with Crippen LogP contribution in [0.3, 0.4) is 0 Å². The number of hydrogen-bond donors (Lipinski definition) is 6. The van der Waals surface area contributed by atoms with Crippen molar-refractivity contribution in [3.05, 3.63) is 12.7 Å². The molecule has 280 valence electrons. The van der Waals surface area contributed by atoms with E-state index in [0.717, 1.165) is 32.1 Å². The maximum Gasteiger partial charge on any atom is 0.490 e. The van der Waals surface area contributed by atoms with Crippen molar-refractivity contribution in [2.45, 2.75) is 95.5 Å². The molecule has 49 heavy (non-hydrogen) atoms. The molecule has 6 atom stereocenters. The Labute approximate surface area is 290 Å². The van der Waals surface area contributed by atoms with Crippen LogP contribution in [0.4, 0.5) is 10.6 Å². The van der Waals surface area contributed by atoms with E-state index in [9.17, 15) is 28.3 Å². The Balaban J connectivity index is 1.60. The average Bonchev–Trinajstić information content (AvgIpc) is 3.59. The van der Waals surface area contributed by atoms with E-state index in [4.69, 9.17) is 34.3 Å². The lowest BCUT2D eigenvalue weighted by atomic mass is 10.1. The van der Waals surface area contributed by atoms with Crippen LogP contribution in [0.25, 0.3) is 11.2 Å². The first-order valence-electron chi connectivity index (χ1n) is 15.1. The average molecular weight is 797 g/mol. The molecule has 0 radical (unpaired) electrons. The van der Waals surface area contributed by atoms with Crippen molar-refractivity contribution in [3.63, 3.8) is 0 Å². The first kappa shape index (κ1) is 42.1. The highest BCUT2D eigenvalue weighted by Gasteiger charge is 2.43. The molecular weight excluding hydrogens is 753 g/mol. The molecule has 20 nitrogen and oxygen atoms in total. The molecule has 0 bridgehead atoms. The van der Waals surface area contributed by atoms with Crippen molar-refractivity contribution in [1.82, 2.24) is 24.8 Å². The van der Waals surface area contributed by atoms with Crippen molar-refractivity contribution in [2.75, 3.05) is 24.8 Å². The Kier molecular flexibility index (Phi) is 15.8. The molecule has 2 aromatic rings. The number of phosphoric ester groups is 1. The van der Waals surface area contributed by atoms with Crippen molar-refractivity contribution in [2.24, 2.45) is 0 Å². The van der Waals surface area contributed by atoms with Crippen LogP contribution in [0.15, 0.2) is 12.7 Å². The number of nitrogens with one attached hydrogen (secondary N) is 1. The minimum absolute atomic E-state index is 0.0976. The summed E-state index contributed by atoms with van der Waals surface area (Å²) in [5, 5.41) is 2.82. The molecule has 3 rings (SSSR count). The number of nitrogen functional groups attached to an aromatic ring is 1. The number of ether oxygens (including phenoxy) is 3. The molecule has 1 aliphatic rings. The number of imidazole rings is 1. The molecule has 1 fully saturated rings. The topological polar surface area (TPSA) is 286 Å². The number of carbonyl (C=O) groups is 1. The van der Waals surface area contributed by atoms with Crippen LogP contribution in [0.5, 0.6) is 0 Å². The van der Waals surface area contributed by atoms with Crippen LogP contribution in [0, 0.1) is 0 Å². The van der Waals surface area contributed by atoms with Gasteiger partial charge in [-0.05, 0) is 26.7 Å². The quantitative estimate of drug-likeness (QED) is 0.0434. The Morgan fingerprint density at radius 2 is 1.86 bits per heavy atom. The maximum absolute atomic E-state index is 12.4. The summed E-state index contributed by atoms with van der Waals surface area (Å²) in [5.41, 5.74) is 6.54. The third-order valence-corrected chi connectivity index (χ3v) is 13.5. The number of unbranched alkanes of at least 4 members (excludes halogenated alkanes) is 1. The number of anilines is 1. The summed E-state index contributed by atoms with van der Waals surface area (Å²) < 4.78 is 66.3. The fraction of sp³-hybridized carbons (Fsp3) is 0.750. The second kappa shape index (κ2) is 18.4. The molecule has 1 saturated heterocycles. The number of amides is 1. The van der Waals surface area contributed by atoms with Gasteiger partial charge >= 0.3 is 29.6 Å². The van der Waals surface area contributed by atoms with Crippen LogP contribution in [0.2, 0.25) is 0 Å². The van der Waals surface area contributed by atoms with E-state index in [0.29, 0.717) is 17.7 Å². The van der Waals surface area contributed by atoms with Crippen LogP contribution in [-0.2, 0) is 41.1 Å². The number of rotatable bonds is 21. The second-order valence-corrected chi connectivity index (χ2v) is 18.8. The summed E-state index contributed by atoms with van der Waals surface area (Å²) in [5.74, 6) is 0.232. The summed E-state index contributed by atoms with van der Waals surface area (Å²) in [4.78, 5) is 61.7. The summed E-state index contributed by atoms with van der Waals surface area (Å²) in [6.45, 7) is 7.58. The highest BCUT2D eigenvalue weighted by Crippen LogP contribution is 2.66. The van der Waals surface area contributed by atoms with Gasteiger partial charge < -0.3 is 44.8 Å². The van der Waals surface area contributed by atoms with E-state index in [2.05, 4.69) is 35.8 Å². The SMILES string of the molecule is CCCCC(CCC)OC(=O)NCC(C)(C)SSCOC1C[C@H](n2cnc3c(N)ncnc32)O[C@@H]1COP(=O)(O)OP(=O)(O)OP(=O)(O)O. The van der Waals surface area contributed by atoms with Gasteiger partial charge in [0.15, 0.2) is 11.5 Å². The fourth-order valence-corrected chi connectivity index (χ4v) is 9.77. The molecule has 1 aliphatic heterocycles. The predicted octanol–water partition coefficient (Wildman–Crippen LogP) is 4.63. The summed E-state index contributed by atoms with van der Waals surface area (Å²) in [7, 11) is -13.9. The van der Waals surface area contributed by atoms with E-state index in [1.165, 1.54) is 34.2 Å². The van der Waals surface area contributed by atoms with E-state index < -0.39 is 59.4 Å². The maximum atomic E-state index is 12.4. The number of carbonyl (C=O) groups excluding carboxylic acids is 1. The van der Waals surface area contributed by atoms with Crippen molar-refractivity contribution in [3.8, 4) is 0 Å². The van der Waals surface area contributed by atoms with E-state index >= 15 is 0 Å². The number of hydrogen-bond acceptors (Lipinski definition) is 16. The number of nitrogens with two attached hydrogens (primary N) is 1. The largest absolute Gasteiger partial charge is 0.490 e. The molecule has 25 heteroatoms. The third kappa shape index (κ3) is 14.3. The zero-order chi connectivity index (χ0) is 36.5. The van der Waals surface area contributed by atoms with Crippen LogP contribution < -0.4 is 11.1 Å². The number of fused-ring (bicyclic) bond motifs is 1. The monoisotopic (exact) mass is 796 g/mol. The van der Waals surface area contributed by atoms with Crippen molar-refractivity contribution in [1.29, 1.82) is 0 Å². The molecule has 2 aromatic heterocycles. The Hall–Kier alpha value is -1.35. The van der Waals surface area contributed by atoms with E-state index in [1.807, 2.05) is 20.8 Å². The third-order valence-electron chi connectivity index (χ3n) is 6.73. The van der Waals surface area contributed by atoms with Crippen molar-refractivity contribution < 1.29 is 65.4 Å². The molecule has 0 aromatic carbocycles. The van der Waals surface area contributed by atoms with Crippen LogP contribution >= 0.6 is 45.1 Å². The number of nitrogens with zero attached hydrogens (tertiary/aromatic N) is 4. The number of alkyl carbamates (subject to hydrolysis) is 1. The first-order valence-corrected chi connectivity index (χ1v) is 21.9. The molecule has 0 aliphatic carbocycles. The van der Waals surface area contributed by atoms with Gasteiger partial charge in [0, 0.05) is 17.7 Å². The summed E-state index contributed by atoms with van der Waals surface area (Å²) in [6, 6.07) is 0. The molecule has 1 amide bonds. The normalized spacial score (nSPS) is 21.7. The van der Waals surface area contributed by atoms with Gasteiger partial charge in [0.2, 0.25) is 0 Å². The Bertz CT molecular complexity index is 1530. The number of aromatic nitrogens is 4. The lowest BCUT2D eigenvalue weighted by Gasteiger charge is -2.25. The minimum Gasteiger partial charge on any atom is -0.446 e. The van der Waals surface area contributed by atoms with Gasteiger partial charge in [-0.3, -0.25) is 9.09 Å². The Morgan fingerprint density at radius 3 is 2.53 bits per heavy atom. The standard InChI is InChI=1S/C24H43N6O14P3S2/c1-5-7-9-16(8-6-2)41-23(31)26-12-24(3,4)49-48-15-39-17-10-19(30-14-29-20-21(25)27-13-28-22(20)30)42-18(17)11-40-46(35,36)44-47(37,38)43-45(32,33)34/h13-14,16-19H,5-12,15H2,1-4H3,(H,26,31)(H,35,36)(H,37,38)(H2,25,27,28)(H2,32,33,34)/t16?,17?,18-,19-/m1/s1. The molecule has 4 unspecified atom stereocenters. The van der Waals surface area contributed by atoms with Gasteiger partial charge in [-0.1, -0.05) is 54.7 Å². The van der Waals surface area contributed by atoms with Crippen LogP contribution in [-0.4, -0.2) is 87.3 Å². The molecule has 0 spiro atoms. The van der Waals surface area contributed by atoms with Gasteiger partial charge in [-0.15, -0.1) is 0 Å². The lowest BCUT2D eigenvalue weighted by molar-refractivity contribution is -0.0522. The molecular formula is C24H43N6O14P3S2. The zero-order valence-electron chi connectivity index (χ0n) is 27.2. The highest BCUT2D eigenvalue weighted by atomic mass is 33.1. The molecule has 7 N–H and O–H groups in total. The highest BCUT2D eigenvalue weighted by molar-refractivity contribution is 8.77. The minimum atomic E-state index is -5.71. The van der Waals surface area contributed by atoms with Crippen LogP contribution in [0.1, 0.15) is 72.4 Å². The fourth-order valence-electron chi connectivity index (χ4n) is 4.57. The van der Waals surface area contributed by atoms with E-state index in [-0.39, 0.29) is 24.3 Å². The van der Waals surface area contributed by atoms with Gasteiger partial charge in [0.05, 0.1) is 19.0 Å². The van der Waals surface area contributed by atoms with Gasteiger partial charge in [0.25, 0.3) is 0 Å². The zero-order valence-corrected chi connectivity index (χ0v) is 31.5. The predicted molar refractivity (Wildman–Crippen MR) is 180 cm³/mol. The first-order chi connectivity index (χ1) is 22.8. The summed E-state index contributed by atoms with van der Waals surface area (Å²) >= 11 is 0. The second-order valence-electron chi connectivity index (χ2n) is 11.4. The molecule has 0 saturated carbocycles. The Morgan fingerprint density at radius 1 is 1.12 bits per heavy atom. The molecule has 3 heterocycles. The number of phosphoric acid groups is 3.